The van der Waals surface area contributed by atoms with Gasteiger partial charge in [0.15, 0.2) is 9.84 Å². The maximum absolute atomic E-state index is 15.8. The molecule has 2 aromatic carbocycles. The molecule has 4 atom stereocenters. The summed E-state index contributed by atoms with van der Waals surface area (Å²) in [7, 11) is 1.22. The molecule has 0 unspecified atom stereocenters. The minimum absolute atomic E-state index is 0.00559. The molecule has 1 saturated carbocycles. The summed E-state index contributed by atoms with van der Waals surface area (Å²) >= 11 is 0. The highest BCUT2D eigenvalue weighted by atomic mass is 32.2. The van der Waals surface area contributed by atoms with Gasteiger partial charge >= 0.3 is 6.03 Å². The number of benzene rings is 2. The molecule has 4 saturated heterocycles. The number of rotatable bonds is 13. The summed E-state index contributed by atoms with van der Waals surface area (Å²) in [5, 5.41) is 2.32. The van der Waals surface area contributed by atoms with E-state index in [-0.39, 0.29) is 72.2 Å². The predicted octanol–water partition coefficient (Wildman–Crippen LogP) is 4.15. The van der Waals surface area contributed by atoms with Crippen LogP contribution in [0.5, 0.6) is 0 Å². The number of hydrogen-bond acceptors (Lipinski definition) is 9. The van der Waals surface area contributed by atoms with E-state index in [9.17, 15) is 18.0 Å². The molecule has 1 aliphatic carbocycles. The van der Waals surface area contributed by atoms with Crippen molar-refractivity contribution in [3.8, 4) is 0 Å². The van der Waals surface area contributed by atoms with Crippen molar-refractivity contribution in [3.05, 3.63) is 72.3 Å². The molecule has 4 heterocycles. The van der Waals surface area contributed by atoms with Crippen molar-refractivity contribution in [2.75, 3.05) is 105 Å². The SMILES string of the molecule is C=CC(=O)N1CCOC[C@H](S(=O)(=O)c2ccc(N3CC(CN4CCC([C@@](CN5CCC5)(c5cccc(F)c5)[C@H]5CCC[C@@H]5NC(=O)N(C)C)CC4)(OC)C3)c(F)c2)C1. The Morgan fingerprint density at radius 2 is 1.78 bits per heavy atom. The van der Waals surface area contributed by atoms with E-state index in [0.29, 0.717) is 25.3 Å². The molecule has 5 fully saturated rings. The van der Waals surface area contributed by atoms with E-state index < -0.39 is 26.5 Å². The average Bonchev–Trinajstić information content (AvgIpc) is 3.49. The first-order valence-electron chi connectivity index (χ1n) is 20.8. The molecule has 12 nitrogen and oxygen atoms in total. The summed E-state index contributed by atoms with van der Waals surface area (Å²) in [5.74, 6) is -0.818. The van der Waals surface area contributed by atoms with Gasteiger partial charge in [0.2, 0.25) is 5.91 Å². The predicted molar refractivity (Wildman–Crippen MR) is 219 cm³/mol. The number of halogens is 2. The van der Waals surface area contributed by atoms with E-state index in [1.165, 1.54) is 23.1 Å². The number of piperidine rings is 1. The van der Waals surface area contributed by atoms with Gasteiger partial charge in [0.25, 0.3) is 0 Å². The Bertz CT molecular complexity index is 1920. The Morgan fingerprint density at radius 1 is 1.02 bits per heavy atom. The number of hydrogen-bond donors (Lipinski definition) is 1. The summed E-state index contributed by atoms with van der Waals surface area (Å²) < 4.78 is 69.8. The normalized spacial score (nSPS) is 25.6. The van der Waals surface area contributed by atoms with E-state index in [4.69, 9.17) is 9.47 Å². The van der Waals surface area contributed by atoms with Crippen LogP contribution in [0.4, 0.5) is 19.3 Å². The van der Waals surface area contributed by atoms with E-state index in [2.05, 4.69) is 27.8 Å². The first-order valence-corrected chi connectivity index (χ1v) is 22.3. The van der Waals surface area contributed by atoms with Crippen LogP contribution in [0.1, 0.15) is 44.1 Å². The smallest absolute Gasteiger partial charge is 0.317 e. The number of ether oxygens (including phenoxy) is 2. The van der Waals surface area contributed by atoms with Crippen LogP contribution in [0.15, 0.2) is 60.0 Å². The van der Waals surface area contributed by atoms with Gasteiger partial charge in [0, 0.05) is 58.8 Å². The molecule has 2 aromatic rings. The largest absolute Gasteiger partial charge is 0.378 e. The lowest BCUT2D eigenvalue weighted by atomic mass is 9.57. The molecule has 7 rings (SSSR count). The van der Waals surface area contributed by atoms with Crippen LogP contribution >= 0.6 is 0 Å². The molecule has 15 heteroatoms. The van der Waals surface area contributed by atoms with Crippen molar-refractivity contribution in [3.63, 3.8) is 0 Å². The topological polar surface area (TPSA) is 115 Å². The molecular weight excluding hydrogens is 767 g/mol. The maximum atomic E-state index is 15.8. The van der Waals surface area contributed by atoms with Gasteiger partial charge in [0.1, 0.15) is 22.5 Å². The number of anilines is 1. The van der Waals surface area contributed by atoms with Gasteiger partial charge in [-0.15, -0.1) is 0 Å². The summed E-state index contributed by atoms with van der Waals surface area (Å²) in [6.07, 6.45) is 7.01. The molecule has 318 valence electrons. The molecule has 0 bridgehead atoms. The highest BCUT2D eigenvalue weighted by Gasteiger charge is 2.54. The third kappa shape index (κ3) is 8.52. The third-order valence-corrected chi connectivity index (χ3v) is 15.7. The molecule has 0 radical (unpaired) electrons. The number of nitrogens with zero attached hydrogens (tertiary/aromatic N) is 5. The Labute approximate surface area is 342 Å². The maximum Gasteiger partial charge on any atom is 0.317 e. The Kier molecular flexibility index (Phi) is 12.8. The third-order valence-electron chi connectivity index (χ3n) is 13.7. The van der Waals surface area contributed by atoms with E-state index >= 15 is 8.78 Å². The zero-order valence-corrected chi connectivity index (χ0v) is 35.0. The molecule has 5 aliphatic rings. The van der Waals surface area contributed by atoms with Gasteiger partial charge in [-0.25, -0.2) is 22.0 Å². The quantitative estimate of drug-likeness (QED) is 0.298. The van der Waals surface area contributed by atoms with Crippen LogP contribution in [-0.4, -0.2) is 157 Å². The molecule has 1 N–H and O–H groups in total. The van der Waals surface area contributed by atoms with Crippen LogP contribution < -0.4 is 10.2 Å². The minimum Gasteiger partial charge on any atom is -0.378 e. The van der Waals surface area contributed by atoms with Crippen molar-refractivity contribution < 1.29 is 36.3 Å². The lowest BCUT2D eigenvalue weighted by molar-refractivity contribution is -0.126. The monoisotopic (exact) mass is 826 g/mol. The Hall–Kier alpha value is -3.63. The second-order valence-electron chi connectivity index (χ2n) is 17.3. The number of methoxy groups -OCH3 is 1. The molecule has 4 aliphatic heterocycles. The van der Waals surface area contributed by atoms with Gasteiger partial charge in [-0.05, 0) is 112 Å². The second-order valence-corrected chi connectivity index (χ2v) is 19.5. The van der Waals surface area contributed by atoms with Gasteiger partial charge in [0.05, 0.1) is 36.9 Å². The number of urea groups is 1. The van der Waals surface area contributed by atoms with Crippen molar-refractivity contribution in [2.45, 2.75) is 65.7 Å². The van der Waals surface area contributed by atoms with Crippen molar-refractivity contribution in [1.82, 2.24) is 24.9 Å². The zero-order valence-electron chi connectivity index (χ0n) is 34.2. The summed E-state index contributed by atoms with van der Waals surface area (Å²) in [6, 6.07) is 11.1. The standard InChI is InChI=1S/C43H60F2N6O6S/c1-5-40(52)50-21-22-57-26-35(25-50)58(54,55)34-13-14-39(37(45)24-34)51-28-42(29-51,56-4)27-49-19-15-31(16-20-49)43(30-48-17-8-18-48,32-9-6-10-33(44)23-32)36-11-7-12-38(36)46-41(53)47(2)3/h5-6,9-10,13-14,23-24,31,35-36,38H,1,7-8,11-12,15-22,25-30H2,2-4H3,(H,46,53)/t35-,36+,38+,43+/m1/s1. The summed E-state index contributed by atoms with van der Waals surface area (Å²) in [5.41, 5.74) is 0.464. The highest BCUT2D eigenvalue weighted by molar-refractivity contribution is 7.92. The lowest BCUT2D eigenvalue weighted by Crippen LogP contribution is -2.68. The van der Waals surface area contributed by atoms with Crippen LogP contribution in [0, 0.1) is 23.5 Å². The van der Waals surface area contributed by atoms with Crippen LogP contribution in [0.25, 0.3) is 0 Å². The molecule has 0 spiro atoms. The molecule has 3 amide bonds. The van der Waals surface area contributed by atoms with Gasteiger partial charge in [-0.3, -0.25) is 4.79 Å². The number of nitrogens with one attached hydrogen (secondary N) is 1. The number of carbonyl (C=O) groups is 2. The summed E-state index contributed by atoms with van der Waals surface area (Å²) in [4.78, 5) is 34.9. The Morgan fingerprint density at radius 3 is 2.41 bits per heavy atom. The van der Waals surface area contributed by atoms with Crippen LogP contribution in [0.3, 0.4) is 0 Å². The average molecular weight is 827 g/mol. The molecule has 0 aromatic heterocycles. The lowest BCUT2D eigenvalue weighted by Gasteiger charge is -2.55. The van der Waals surface area contributed by atoms with E-state index in [1.54, 1.807) is 32.2 Å². The van der Waals surface area contributed by atoms with Crippen LogP contribution in [-0.2, 0) is 29.5 Å². The van der Waals surface area contributed by atoms with Gasteiger partial charge < -0.3 is 39.3 Å². The van der Waals surface area contributed by atoms with E-state index in [1.807, 2.05) is 11.0 Å². The van der Waals surface area contributed by atoms with Crippen molar-refractivity contribution in [2.24, 2.45) is 11.8 Å². The van der Waals surface area contributed by atoms with Crippen LogP contribution in [0.2, 0.25) is 0 Å². The first-order chi connectivity index (χ1) is 27.8. The molecular formula is C43H60F2N6O6S. The minimum atomic E-state index is -4.00. The fourth-order valence-corrected chi connectivity index (χ4v) is 11.9. The van der Waals surface area contributed by atoms with Crippen molar-refractivity contribution >= 4 is 27.5 Å². The van der Waals surface area contributed by atoms with E-state index in [0.717, 1.165) is 89.0 Å². The fourth-order valence-electron chi connectivity index (χ4n) is 10.4. The number of likely N-dealkylation sites (tertiary alicyclic amines) is 2. The van der Waals surface area contributed by atoms with Gasteiger partial charge in [-0.2, -0.15) is 0 Å². The second kappa shape index (κ2) is 17.5. The summed E-state index contributed by atoms with van der Waals surface area (Å²) in [6.45, 7) is 9.91. The number of amides is 3. The zero-order chi connectivity index (χ0) is 41.2. The highest BCUT2D eigenvalue weighted by Crippen LogP contribution is 2.52. The molecule has 58 heavy (non-hydrogen) atoms. The number of sulfone groups is 1. The number of carbonyl (C=O) groups excluding carboxylic acids is 2. The van der Waals surface area contributed by atoms with Gasteiger partial charge in [-0.1, -0.05) is 25.1 Å². The fraction of sp³-hybridized carbons (Fsp3) is 0.628. The first kappa shape index (κ1) is 42.5. The Balaban J connectivity index is 1.04. The van der Waals surface area contributed by atoms with Crippen molar-refractivity contribution in [1.29, 1.82) is 0 Å².